The zero-order valence-electron chi connectivity index (χ0n) is 23.6. The first-order chi connectivity index (χ1) is 17.9. The Labute approximate surface area is 228 Å². The van der Waals surface area contributed by atoms with Crippen LogP contribution in [0.1, 0.15) is 80.1 Å². The number of carbonyl (C=O) groups excluding carboxylic acids is 5. The van der Waals surface area contributed by atoms with Crippen molar-refractivity contribution < 1.29 is 37.5 Å². The van der Waals surface area contributed by atoms with Crippen LogP contribution in [0.2, 0.25) is 0 Å². The average Bonchev–Trinajstić information content (AvgIpc) is 3.14. The predicted octanol–water partition coefficient (Wildman–Crippen LogP) is 2.53. The molecule has 0 aromatic carbocycles. The normalized spacial score (nSPS) is 27.1. The van der Waals surface area contributed by atoms with Crippen LogP contribution in [0.3, 0.4) is 0 Å². The van der Waals surface area contributed by atoms with E-state index < -0.39 is 78.0 Å². The number of rotatable bonds is 9. The van der Waals surface area contributed by atoms with Crippen molar-refractivity contribution in [3.05, 3.63) is 0 Å². The second-order valence-corrected chi connectivity index (χ2v) is 12.8. The van der Waals surface area contributed by atoms with Gasteiger partial charge >= 0.3 is 6.09 Å². The molecule has 1 unspecified atom stereocenters. The number of ketones is 1. The van der Waals surface area contributed by atoms with Crippen molar-refractivity contribution in [3.63, 3.8) is 0 Å². The Kier molecular flexibility index (Phi) is 8.67. The number of hydrogen-bond acceptors (Lipinski definition) is 6. The summed E-state index contributed by atoms with van der Waals surface area (Å²) in [7, 11) is 0. The topological polar surface area (TPSA) is 148 Å². The number of nitrogens with zero attached hydrogens (tertiary/aromatic N) is 1. The number of fused-ring (bicyclic) bond motifs is 1. The summed E-state index contributed by atoms with van der Waals surface area (Å²) in [6, 6.07) is -3.23. The summed E-state index contributed by atoms with van der Waals surface area (Å²) in [5.74, 6) is -6.81. The van der Waals surface area contributed by atoms with Gasteiger partial charge in [-0.3, -0.25) is 19.2 Å². The van der Waals surface area contributed by atoms with Gasteiger partial charge in [-0.1, -0.05) is 27.2 Å². The van der Waals surface area contributed by atoms with E-state index in [-0.39, 0.29) is 43.1 Å². The highest BCUT2D eigenvalue weighted by Gasteiger charge is 2.69. The molecule has 3 aliphatic rings. The summed E-state index contributed by atoms with van der Waals surface area (Å²) < 4.78 is 33.2. The zero-order chi connectivity index (χ0) is 29.5. The minimum atomic E-state index is -2.83. The number of piperidine rings is 1. The first-order valence-electron chi connectivity index (χ1n) is 13.7. The van der Waals surface area contributed by atoms with E-state index in [1.807, 2.05) is 13.8 Å². The van der Waals surface area contributed by atoms with Gasteiger partial charge in [0, 0.05) is 19.4 Å². The maximum Gasteiger partial charge on any atom is 0.408 e. The van der Waals surface area contributed by atoms with E-state index in [4.69, 9.17) is 10.5 Å². The van der Waals surface area contributed by atoms with Crippen LogP contribution < -0.4 is 16.4 Å². The molecule has 3 fully saturated rings. The number of alkyl carbamates (subject to hydrolysis) is 1. The number of alkyl halides is 2. The van der Waals surface area contributed by atoms with Crippen LogP contribution in [0, 0.1) is 23.2 Å². The Morgan fingerprint density at radius 2 is 1.67 bits per heavy atom. The molecule has 2 aliphatic carbocycles. The molecule has 0 bridgehead atoms. The van der Waals surface area contributed by atoms with Gasteiger partial charge in [-0.25, -0.2) is 13.6 Å². The number of nitrogens with one attached hydrogen (secondary N) is 2. The molecule has 0 aromatic rings. The van der Waals surface area contributed by atoms with E-state index >= 15 is 0 Å². The summed E-state index contributed by atoms with van der Waals surface area (Å²) in [6.45, 7) is 11.0. The average molecular weight is 557 g/mol. The number of hydrogen-bond donors (Lipinski definition) is 3. The molecule has 12 heteroatoms. The first-order valence-corrected chi connectivity index (χ1v) is 13.7. The van der Waals surface area contributed by atoms with E-state index in [9.17, 15) is 32.8 Å². The summed E-state index contributed by atoms with van der Waals surface area (Å²) in [4.78, 5) is 65.5. The van der Waals surface area contributed by atoms with Crippen molar-refractivity contribution in [1.82, 2.24) is 15.5 Å². The van der Waals surface area contributed by atoms with E-state index in [1.54, 1.807) is 27.7 Å². The molecule has 4 amide bonds. The molecule has 5 atom stereocenters. The number of Topliss-reactive ketones (excluding diaryl/α,β-unsaturated/α-hetero) is 1. The summed E-state index contributed by atoms with van der Waals surface area (Å²) in [5, 5.41) is 5.23. The third kappa shape index (κ3) is 6.87. The van der Waals surface area contributed by atoms with E-state index in [0.717, 1.165) is 0 Å². The minimum Gasteiger partial charge on any atom is -0.444 e. The Balaban J connectivity index is 1.87. The number of ether oxygens (including phenoxy) is 1. The van der Waals surface area contributed by atoms with Crippen molar-refractivity contribution in [1.29, 1.82) is 0 Å². The Hall–Kier alpha value is -2.79. The molecule has 1 aliphatic heterocycles. The lowest BCUT2D eigenvalue weighted by molar-refractivity contribution is -0.145. The van der Waals surface area contributed by atoms with E-state index in [2.05, 4.69) is 10.6 Å². The van der Waals surface area contributed by atoms with E-state index in [0.29, 0.717) is 6.42 Å². The zero-order valence-corrected chi connectivity index (χ0v) is 23.6. The molecule has 0 spiro atoms. The molecule has 0 aromatic heterocycles. The summed E-state index contributed by atoms with van der Waals surface area (Å²) in [6.07, 6.45) is -0.921. The third-order valence-electron chi connectivity index (χ3n) is 8.38. The van der Waals surface area contributed by atoms with Gasteiger partial charge < -0.3 is 26.0 Å². The molecular weight excluding hydrogens is 514 g/mol. The molecule has 1 saturated heterocycles. The lowest BCUT2D eigenvalue weighted by Gasteiger charge is -2.38. The standard InChI is InChI=1S/C27H42F2N4O6/c1-7-8-16(20(34)21(30)35)31-22(36)19-17-15(26(17,5)6)13-33(19)23(37)18(32-24(38)39-25(2,3)4)14-9-11-27(28,29)12-10-14/h14-19H,7-13H2,1-6H3,(H2,30,35)(H,31,36)(H,32,38)/t15-,16?,17-,18-,19-/m0/s1. The van der Waals surface area contributed by atoms with Crippen molar-refractivity contribution in [2.75, 3.05) is 6.54 Å². The SMILES string of the molecule is CCCC(NC(=O)[C@@H]1[C@@H]2[C@H](CN1C(=O)[C@@H](NC(=O)OC(C)(C)C)C1CCC(F)(F)CC1)C2(C)C)C(=O)C(N)=O. The van der Waals surface area contributed by atoms with Gasteiger partial charge in [-0.2, -0.15) is 0 Å². The van der Waals surface area contributed by atoms with Crippen molar-refractivity contribution in [2.45, 2.75) is 110 Å². The van der Waals surface area contributed by atoms with Crippen LogP contribution in [0.5, 0.6) is 0 Å². The fourth-order valence-corrected chi connectivity index (χ4v) is 6.19. The maximum absolute atomic E-state index is 14.0. The van der Waals surface area contributed by atoms with Gasteiger partial charge in [0.1, 0.15) is 17.7 Å². The first kappa shape index (κ1) is 30.7. The molecule has 10 nitrogen and oxygen atoms in total. The summed E-state index contributed by atoms with van der Waals surface area (Å²) in [5.41, 5.74) is 4.08. The molecular formula is C27H42F2N4O6. The highest BCUT2D eigenvalue weighted by molar-refractivity contribution is 6.37. The highest BCUT2D eigenvalue weighted by atomic mass is 19.3. The van der Waals surface area contributed by atoms with Crippen molar-refractivity contribution in [2.24, 2.45) is 28.9 Å². The largest absolute Gasteiger partial charge is 0.444 e. The van der Waals surface area contributed by atoms with Crippen LogP contribution in [0.15, 0.2) is 0 Å². The van der Waals surface area contributed by atoms with Gasteiger partial charge in [0.15, 0.2) is 0 Å². The fourth-order valence-electron chi connectivity index (χ4n) is 6.19. The fraction of sp³-hybridized carbons (Fsp3) is 0.815. The van der Waals surface area contributed by atoms with Crippen molar-refractivity contribution >= 4 is 29.6 Å². The molecule has 4 N–H and O–H groups in total. The molecule has 0 radical (unpaired) electrons. The number of primary amides is 1. The van der Waals surface area contributed by atoms with Gasteiger partial charge in [-0.15, -0.1) is 0 Å². The smallest absolute Gasteiger partial charge is 0.408 e. The van der Waals surface area contributed by atoms with Crippen LogP contribution in [-0.4, -0.2) is 70.7 Å². The number of halogens is 2. The maximum atomic E-state index is 14.0. The van der Waals surface area contributed by atoms with Gasteiger partial charge in [-0.05, 0) is 63.2 Å². The molecule has 220 valence electrons. The number of amides is 4. The van der Waals surface area contributed by atoms with Crippen molar-refractivity contribution in [3.8, 4) is 0 Å². The van der Waals surface area contributed by atoms with Crippen LogP contribution in [-0.2, 0) is 23.9 Å². The third-order valence-corrected chi connectivity index (χ3v) is 8.38. The van der Waals surface area contributed by atoms with Gasteiger partial charge in [0.25, 0.3) is 5.91 Å². The molecule has 2 saturated carbocycles. The molecule has 3 rings (SSSR count). The quantitative estimate of drug-likeness (QED) is 0.372. The van der Waals surface area contributed by atoms with Crippen LogP contribution in [0.25, 0.3) is 0 Å². The Bertz CT molecular complexity index is 1000. The summed E-state index contributed by atoms with van der Waals surface area (Å²) >= 11 is 0. The van der Waals surface area contributed by atoms with Gasteiger partial charge in [0.2, 0.25) is 23.5 Å². The Morgan fingerprint density at radius 3 is 2.18 bits per heavy atom. The number of carbonyl (C=O) groups is 5. The second-order valence-electron chi connectivity index (χ2n) is 12.8. The lowest BCUT2D eigenvalue weighted by Crippen LogP contribution is -2.60. The van der Waals surface area contributed by atoms with Gasteiger partial charge in [0.05, 0.1) is 6.04 Å². The van der Waals surface area contributed by atoms with Crippen LogP contribution in [0.4, 0.5) is 13.6 Å². The number of likely N-dealkylation sites (tertiary alicyclic amines) is 1. The Morgan fingerprint density at radius 1 is 1.08 bits per heavy atom. The lowest BCUT2D eigenvalue weighted by atomic mass is 9.81. The van der Waals surface area contributed by atoms with E-state index in [1.165, 1.54) is 4.90 Å². The van der Waals surface area contributed by atoms with Crippen LogP contribution >= 0.6 is 0 Å². The number of nitrogens with two attached hydrogens (primary N) is 1. The monoisotopic (exact) mass is 556 g/mol. The second kappa shape index (κ2) is 11.0. The molecule has 39 heavy (non-hydrogen) atoms. The molecule has 1 heterocycles. The minimum absolute atomic E-state index is 0.00605. The highest BCUT2D eigenvalue weighted by Crippen LogP contribution is 2.65. The predicted molar refractivity (Wildman–Crippen MR) is 137 cm³/mol.